The smallest absolute Gasteiger partial charge is 0.332 e. The van der Waals surface area contributed by atoms with Crippen LogP contribution in [0.3, 0.4) is 0 Å². The first kappa shape index (κ1) is 13.4. The fourth-order valence-corrected chi connectivity index (χ4v) is 1.86. The van der Waals surface area contributed by atoms with Crippen molar-refractivity contribution in [3.63, 3.8) is 0 Å². The molecule has 1 aromatic rings. The summed E-state index contributed by atoms with van der Waals surface area (Å²) >= 11 is 0. The number of pyridine rings is 1. The third-order valence-electron chi connectivity index (χ3n) is 2.86. The molecule has 0 spiro atoms. The van der Waals surface area contributed by atoms with E-state index in [1.807, 2.05) is 0 Å². The summed E-state index contributed by atoms with van der Waals surface area (Å²) < 4.78 is 17.8. The minimum Gasteiger partial charge on any atom is -0.479 e. The summed E-state index contributed by atoms with van der Waals surface area (Å²) in [6.07, 6.45) is 1.06. The number of carboxylic acids is 1. The van der Waals surface area contributed by atoms with Gasteiger partial charge in [0, 0.05) is 12.7 Å². The van der Waals surface area contributed by atoms with Gasteiger partial charge < -0.3 is 15.2 Å². The van der Waals surface area contributed by atoms with E-state index in [2.05, 4.69) is 10.3 Å². The molecule has 0 saturated carbocycles. The molecule has 2 atom stereocenters. The predicted molar refractivity (Wildman–Crippen MR) is 62.1 cm³/mol. The third kappa shape index (κ3) is 3.47. The minimum atomic E-state index is -0.989. The standard InChI is InChI=1S/C12H13FN2O4/c13-10-4-1-7(5-14-10)11(16)15-6-8-2-3-9(19-8)12(17)18/h1,4-5,8-9H,2-3,6H2,(H,15,16)(H,17,18). The van der Waals surface area contributed by atoms with Crippen molar-refractivity contribution in [2.75, 3.05) is 6.54 Å². The molecule has 1 aliphatic rings. The van der Waals surface area contributed by atoms with E-state index in [-0.39, 0.29) is 18.2 Å². The van der Waals surface area contributed by atoms with Gasteiger partial charge in [-0.1, -0.05) is 0 Å². The van der Waals surface area contributed by atoms with Crippen molar-refractivity contribution in [3.05, 3.63) is 29.8 Å². The molecule has 0 bridgehead atoms. The fourth-order valence-electron chi connectivity index (χ4n) is 1.86. The lowest BCUT2D eigenvalue weighted by Gasteiger charge is -2.12. The summed E-state index contributed by atoms with van der Waals surface area (Å²) in [5, 5.41) is 11.4. The van der Waals surface area contributed by atoms with Crippen molar-refractivity contribution in [3.8, 4) is 0 Å². The molecule has 2 unspecified atom stereocenters. The maximum atomic E-state index is 12.6. The summed E-state index contributed by atoms with van der Waals surface area (Å²) in [6, 6.07) is 2.43. The van der Waals surface area contributed by atoms with Crippen LogP contribution in [0.5, 0.6) is 0 Å². The summed E-state index contributed by atoms with van der Waals surface area (Å²) in [7, 11) is 0. The van der Waals surface area contributed by atoms with E-state index < -0.39 is 23.9 Å². The number of aliphatic carboxylic acids is 1. The van der Waals surface area contributed by atoms with Gasteiger partial charge in [-0.3, -0.25) is 4.79 Å². The number of carbonyl (C=O) groups is 2. The molecule has 2 N–H and O–H groups in total. The summed E-state index contributed by atoms with van der Waals surface area (Å²) in [5.41, 5.74) is 0.245. The highest BCUT2D eigenvalue weighted by Gasteiger charge is 2.30. The molecule has 2 rings (SSSR count). The average Bonchev–Trinajstić information content (AvgIpc) is 2.86. The maximum absolute atomic E-state index is 12.6. The maximum Gasteiger partial charge on any atom is 0.332 e. The lowest BCUT2D eigenvalue weighted by Crippen LogP contribution is -2.33. The van der Waals surface area contributed by atoms with Crippen LogP contribution in [-0.4, -0.2) is 40.7 Å². The van der Waals surface area contributed by atoms with Crippen LogP contribution in [0.1, 0.15) is 23.2 Å². The van der Waals surface area contributed by atoms with E-state index in [1.165, 1.54) is 6.07 Å². The van der Waals surface area contributed by atoms with E-state index in [1.54, 1.807) is 0 Å². The molecule has 1 amide bonds. The molecule has 102 valence electrons. The Hall–Kier alpha value is -2.02. The van der Waals surface area contributed by atoms with Gasteiger partial charge in [-0.25, -0.2) is 9.78 Å². The summed E-state index contributed by atoms with van der Waals surface area (Å²) in [4.78, 5) is 25.7. The number of nitrogens with zero attached hydrogens (tertiary/aromatic N) is 1. The van der Waals surface area contributed by atoms with Crippen molar-refractivity contribution >= 4 is 11.9 Å². The molecule has 0 radical (unpaired) electrons. The van der Waals surface area contributed by atoms with Crippen molar-refractivity contribution in [2.24, 2.45) is 0 Å². The van der Waals surface area contributed by atoms with E-state index in [9.17, 15) is 14.0 Å². The SMILES string of the molecule is O=C(NCC1CCC(C(=O)O)O1)c1ccc(F)nc1. The molecule has 0 aromatic carbocycles. The molecule has 19 heavy (non-hydrogen) atoms. The van der Waals surface area contributed by atoms with E-state index in [0.29, 0.717) is 12.8 Å². The first-order valence-corrected chi connectivity index (χ1v) is 5.84. The lowest BCUT2D eigenvalue weighted by molar-refractivity contribution is -0.149. The number of halogens is 1. The number of ether oxygens (including phenoxy) is 1. The van der Waals surface area contributed by atoms with E-state index >= 15 is 0 Å². The number of nitrogens with one attached hydrogen (secondary N) is 1. The highest BCUT2D eigenvalue weighted by atomic mass is 19.1. The quantitative estimate of drug-likeness (QED) is 0.780. The number of carbonyl (C=O) groups excluding carboxylic acids is 1. The van der Waals surface area contributed by atoms with Crippen LogP contribution < -0.4 is 5.32 Å². The number of carboxylic acid groups (broad SMARTS) is 1. The first-order chi connectivity index (χ1) is 9.06. The Kier molecular flexibility index (Phi) is 4.06. The van der Waals surface area contributed by atoms with Crippen molar-refractivity contribution in [1.82, 2.24) is 10.3 Å². The highest BCUT2D eigenvalue weighted by molar-refractivity contribution is 5.93. The molecule has 1 aromatic heterocycles. The molecule has 0 aliphatic carbocycles. The predicted octanol–water partition coefficient (Wildman–Crippen LogP) is 0.583. The van der Waals surface area contributed by atoms with Crippen LogP contribution in [0, 0.1) is 5.95 Å². The molecule has 1 saturated heterocycles. The number of hydrogen-bond donors (Lipinski definition) is 2. The average molecular weight is 268 g/mol. The van der Waals surface area contributed by atoms with Gasteiger partial charge >= 0.3 is 5.97 Å². The molecule has 7 heteroatoms. The second-order valence-corrected chi connectivity index (χ2v) is 4.24. The monoisotopic (exact) mass is 268 g/mol. The second kappa shape index (κ2) is 5.75. The zero-order valence-corrected chi connectivity index (χ0v) is 10.0. The Balaban J connectivity index is 1.81. The second-order valence-electron chi connectivity index (χ2n) is 4.24. The highest BCUT2D eigenvalue weighted by Crippen LogP contribution is 2.19. The summed E-state index contributed by atoms with van der Waals surface area (Å²) in [6.45, 7) is 0.222. The lowest BCUT2D eigenvalue weighted by atomic mass is 10.2. The van der Waals surface area contributed by atoms with Gasteiger partial charge in [0.1, 0.15) is 0 Å². The Morgan fingerprint density at radius 1 is 1.47 bits per heavy atom. The Morgan fingerprint density at radius 3 is 2.84 bits per heavy atom. The number of rotatable bonds is 4. The normalized spacial score (nSPS) is 22.2. The van der Waals surface area contributed by atoms with Crippen LogP contribution in [-0.2, 0) is 9.53 Å². The van der Waals surface area contributed by atoms with E-state index in [4.69, 9.17) is 9.84 Å². The first-order valence-electron chi connectivity index (χ1n) is 5.84. The molecule has 6 nitrogen and oxygen atoms in total. The van der Waals surface area contributed by atoms with Crippen LogP contribution in [0.2, 0.25) is 0 Å². The van der Waals surface area contributed by atoms with Crippen LogP contribution in [0.25, 0.3) is 0 Å². The molecule has 2 heterocycles. The van der Waals surface area contributed by atoms with Crippen molar-refractivity contribution < 1.29 is 23.8 Å². The van der Waals surface area contributed by atoms with Crippen LogP contribution >= 0.6 is 0 Å². The van der Waals surface area contributed by atoms with Gasteiger partial charge in [0.05, 0.1) is 11.7 Å². The molecule has 1 fully saturated rings. The Morgan fingerprint density at radius 2 is 2.26 bits per heavy atom. The number of hydrogen-bond acceptors (Lipinski definition) is 4. The van der Waals surface area contributed by atoms with Crippen LogP contribution in [0.4, 0.5) is 4.39 Å². The van der Waals surface area contributed by atoms with Gasteiger partial charge in [0.2, 0.25) is 5.95 Å². The molecular formula is C12H13FN2O4. The van der Waals surface area contributed by atoms with Crippen LogP contribution in [0.15, 0.2) is 18.3 Å². The van der Waals surface area contributed by atoms with Gasteiger partial charge in [-0.2, -0.15) is 4.39 Å². The Labute approximate surface area is 108 Å². The van der Waals surface area contributed by atoms with Crippen molar-refractivity contribution in [1.29, 1.82) is 0 Å². The number of amides is 1. The summed E-state index contributed by atoms with van der Waals surface area (Å²) in [5.74, 6) is -2.04. The third-order valence-corrected chi connectivity index (χ3v) is 2.86. The topological polar surface area (TPSA) is 88.5 Å². The zero-order chi connectivity index (χ0) is 13.8. The van der Waals surface area contributed by atoms with Gasteiger partial charge in [0.15, 0.2) is 6.10 Å². The zero-order valence-electron chi connectivity index (χ0n) is 10.0. The van der Waals surface area contributed by atoms with Gasteiger partial charge in [0.25, 0.3) is 5.91 Å². The number of aromatic nitrogens is 1. The largest absolute Gasteiger partial charge is 0.479 e. The molecular weight excluding hydrogens is 255 g/mol. The van der Waals surface area contributed by atoms with Crippen molar-refractivity contribution in [2.45, 2.75) is 25.0 Å². The minimum absolute atomic E-state index is 0.222. The van der Waals surface area contributed by atoms with E-state index in [0.717, 1.165) is 12.3 Å². The molecule has 1 aliphatic heterocycles. The fraction of sp³-hybridized carbons (Fsp3) is 0.417. The van der Waals surface area contributed by atoms with Gasteiger partial charge in [-0.05, 0) is 25.0 Å². The Bertz CT molecular complexity index is 477. The van der Waals surface area contributed by atoms with Gasteiger partial charge in [-0.15, -0.1) is 0 Å².